The normalized spacial score (nSPS) is 16.9. The number of hydrogen-bond donors (Lipinski definition) is 1. The summed E-state index contributed by atoms with van der Waals surface area (Å²) in [5, 5.41) is 3.26. The van der Waals surface area contributed by atoms with E-state index < -0.39 is 6.36 Å². The summed E-state index contributed by atoms with van der Waals surface area (Å²) in [7, 11) is 0. The second-order valence-electron chi connectivity index (χ2n) is 4.95. The van der Waals surface area contributed by atoms with E-state index in [9.17, 15) is 13.2 Å². The van der Waals surface area contributed by atoms with Gasteiger partial charge in [-0.25, -0.2) is 0 Å². The minimum Gasteiger partial charge on any atom is -0.404 e. The lowest BCUT2D eigenvalue weighted by Gasteiger charge is -2.34. The molecule has 0 amide bonds. The van der Waals surface area contributed by atoms with Gasteiger partial charge in [0, 0.05) is 32.2 Å². The van der Waals surface area contributed by atoms with E-state index in [0.717, 1.165) is 38.2 Å². The highest BCUT2D eigenvalue weighted by Crippen LogP contribution is 2.34. The van der Waals surface area contributed by atoms with Gasteiger partial charge in [-0.15, -0.1) is 38.0 Å². The molecule has 2 rings (SSSR count). The zero-order valence-electron chi connectivity index (χ0n) is 12.5. The number of rotatable bonds is 4. The van der Waals surface area contributed by atoms with Gasteiger partial charge in [-0.1, -0.05) is 24.6 Å². The zero-order valence-corrected chi connectivity index (χ0v) is 14.9. The number of hydrogen-bond acceptors (Lipinski definition) is 3. The van der Waals surface area contributed by atoms with Crippen molar-refractivity contribution in [2.75, 3.05) is 26.2 Å². The van der Waals surface area contributed by atoms with Crippen molar-refractivity contribution in [2.45, 2.75) is 25.7 Å². The summed E-state index contributed by atoms with van der Waals surface area (Å²) in [6, 6.07) is 4.67. The van der Waals surface area contributed by atoms with Crippen LogP contribution in [0.2, 0.25) is 5.02 Å². The number of halogens is 6. The standard InChI is InChI=1S/C14H18ClF3N2O.2ClH/c1-2-12(20-7-5-19-6-8-20)10-3-4-13(11(15)9-10)21-14(16,17)18;;/h3-4,9,12,19H,2,5-8H2,1H3;2*1H/t12-;;/m1../s1. The first-order chi connectivity index (χ1) is 9.90. The molecule has 0 spiro atoms. The smallest absolute Gasteiger partial charge is 0.404 e. The van der Waals surface area contributed by atoms with Gasteiger partial charge in [0.1, 0.15) is 5.75 Å². The van der Waals surface area contributed by atoms with E-state index in [1.165, 1.54) is 6.07 Å². The zero-order chi connectivity index (χ0) is 15.5. The van der Waals surface area contributed by atoms with Crippen LogP contribution in [0.5, 0.6) is 5.75 Å². The Kier molecular flexibility index (Phi) is 9.62. The van der Waals surface area contributed by atoms with E-state index in [1.807, 2.05) is 0 Å². The Hall–Kier alpha value is -0.400. The third-order valence-corrected chi connectivity index (χ3v) is 3.84. The summed E-state index contributed by atoms with van der Waals surface area (Å²) in [5.41, 5.74) is 0.916. The van der Waals surface area contributed by atoms with Gasteiger partial charge in [0.25, 0.3) is 0 Å². The number of piperazine rings is 1. The average Bonchev–Trinajstić information content (AvgIpc) is 2.42. The Balaban J connectivity index is 0.00000242. The molecule has 3 nitrogen and oxygen atoms in total. The topological polar surface area (TPSA) is 24.5 Å². The molecule has 134 valence electrons. The van der Waals surface area contributed by atoms with Crippen molar-refractivity contribution in [2.24, 2.45) is 0 Å². The fourth-order valence-electron chi connectivity index (χ4n) is 2.63. The van der Waals surface area contributed by atoms with Crippen LogP contribution in [0.4, 0.5) is 13.2 Å². The van der Waals surface area contributed by atoms with E-state index in [-0.39, 0.29) is 41.6 Å². The van der Waals surface area contributed by atoms with Crippen molar-refractivity contribution in [3.8, 4) is 5.75 Å². The third kappa shape index (κ3) is 6.55. The average molecular weight is 396 g/mol. The van der Waals surface area contributed by atoms with Gasteiger partial charge in [0.15, 0.2) is 0 Å². The van der Waals surface area contributed by atoms with Crippen molar-refractivity contribution < 1.29 is 17.9 Å². The molecule has 9 heteroatoms. The second kappa shape index (κ2) is 9.79. The summed E-state index contributed by atoms with van der Waals surface area (Å²) in [5.74, 6) is -0.358. The largest absolute Gasteiger partial charge is 0.573 e. The summed E-state index contributed by atoms with van der Waals surface area (Å²) in [6.45, 7) is 5.72. The predicted octanol–water partition coefficient (Wildman–Crippen LogP) is 4.44. The molecule has 0 unspecified atom stereocenters. The molecule has 1 heterocycles. The van der Waals surface area contributed by atoms with Crippen molar-refractivity contribution in [1.82, 2.24) is 10.2 Å². The molecule has 1 aliphatic heterocycles. The van der Waals surface area contributed by atoms with Crippen molar-refractivity contribution >= 4 is 36.4 Å². The molecule has 23 heavy (non-hydrogen) atoms. The molecule has 1 N–H and O–H groups in total. The monoisotopic (exact) mass is 394 g/mol. The van der Waals surface area contributed by atoms with Crippen LogP contribution in [0.15, 0.2) is 18.2 Å². The molecule has 1 saturated heterocycles. The van der Waals surface area contributed by atoms with Gasteiger partial charge in [0.2, 0.25) is 0 Å². The molecule has 0 radical (unpaired) electrons. The van der Waals surface area contributed by atoms with E-state index >= 15 is 0 Å². The second-order valence-corrected chi connectivity index (χ2v) is 5.35. The number of nitrogens with zero attached hydrogens (tertiary/aromatic N) is 1. The highest BCUT2D eigenvalue weighted by Gasteiger charge is 2.32. The lowest BCUT2D eigenvalue weighted by Crippen LogP contribution is -2.45. The molecule has 0 bridgehead atoms. The first-order valence-corrected chi connectivity index (χ1v) is 7.28. The van der Waals surface area contributed by atoms with Crippen LogP contribution in [-0.4, -0.2) is 37.4 Å². The Morgan fingerprint density at radius 2 is 1.87 bits per heavy atom. The Morgan fingerprint density at radius 1 is 1.26 bits per heavy atom. The highest BCUT2D eigenvalue weighted by atomic mass is 35.5. The van der Waals surface area contributed by atoms with E-state index in [0.29, 0.717) is 0 Å². The van der Waals surface area contributed by atoms with Crippen molar-refractivity contribution in [3.05, 3.63) is 28.8 Å². The van der Waals surface area contributed by atoms with E-state index in [2.05, 4.69) is 21.9 Å². The van der Waals surface area contributed by atoms with Crippen LogP contribution in [0.25, 0.3) is 0 Å². The Bertz CT molecular complexity index is 483. The van der Waals surface area contributed by atoms with E-state index in [4.69, 9.17) is 11.6 Å². The lowest BCUT2D eigenvalue weighted by molar-refractivity contribution is -0.274. The fourth-order valence-corrected chi connectivity index (χ4v) is 2.86. The molecule has 1 fully saturated rings. The van der Waals surface area contributed by atoms with Crippen LogP contribution in [0.3, 0.4) is 0 Å². The summed E-state index contributed by atoms with van der Waals surface area (Å²) >= 11 is 5.92. The Labute approximate surface area is 151 Å². The highest BCUT2D eigenvalue weighted by molar-refractivity contribution is 6.32. The fraction of sp³-hybridized carbons (Fsp3) is 0.571. The third-order valence-electron chi connectivity index (χ3n) is 3.55. The predicted molar refractivity (Wildman–Crippen MR) is 90.1 cm³/mol. The number of benzene rings is 1. The van der Waals surface area contributed by atoms with Gasteiger partial charge in [-0.3, -0.25) is 4.90 Å². The van der Waals surface area contributed by atoms with Gasteiger partial charge in [0.05, 0.1) is 5.02 Å². The van der Waals surface area contributed by atoms with Crippen LogP contribution in [0, 0.1) is 0 Å². The van der Waals surface area contributed by atoms with Gasteiger partial charge >= 0.3 is 6.36 Å². The molecule has 1 aromatic carbocycles. The molecule has 0 aliphatic carbocycles. The quantitative estimate of drug-likeness (QED) is 0.816. The summed E-state index contributed by atoms with van der Waals surface area (Å²) in [4.78, 5) is 2.31. The van der Waals surface area contributed by atoms with Crippen molar-refractivity contribution in [3.63, 3.8) is 0 Å². The molecule has 0 saturated carbocycles. The van der Waals surface area contributed by atoms with Crippen LogP contribution >= 0.6 is 36.4 Å². The van der Waals surface area contributed by atoms with Crippen LogP contribution < -0.4 is 10.1 Å². The van der Waals surface area contributed by atoms with Crippen LogP contribution in [-0.2, 0) is 0 Å². The van der Waals surface area contributed by atoms with Crippen molar-refractivity contribution in [1.29, 1.82) is 0 Å². The van der Waals surface area contributed by atoms with E-state index in [1.54, 1.807) is 12.1 Å². The molecule has 1 aromatic rings. The number of ether oxygens (including phenoxy) is 1. The first kappa shape index (κ1) is 22.6. The SMILES string of the molecule is CC[C@H](c1ccc(OC(F)(F)F)c(Cl)c1)N1CCNCC1.Cl.Cl. The minimum absolute atomic E-state index is 0. The molecular weight excluding hydrogens is 376 g/mol. The summed E-state index contributed by atoms with van der Waals surface area (Å²) < 4.78 is 40.6. The first-order valence-electron chi connectivity index (χ1n) is 6.90. The maximum atomic E-state index is 12.2. The van der Waals surface area contributed by atoms with Gasteiger partial charge in [-0.05, 0) is 24.1 Å². The molecule has 1 aliphatic rings. The Morgan fingerprint density at radius 3 is 2.35 bits per heavy atom. The molecule has 0 aromatic heterocycles. The van der Waals surface area contributed by atoms with Gasteiger partial charge in [-0.2, -0.15) is 0 Å². The minimum atomic E-state index is -4.73. The maximum Gasteiger partial charge on any atom is 0.573 e. The van der Waals surface area contributed by atoms with Crippen LogP contribution in [0.1, 0.15) is 24.9 Å². The molecule has 1 atom stereocenters. The lowest BCUT2D eigenvalue weighted by atomic mass is 10.0. The maximum absolute atomic E-state index is 12.2. The number of nitrogens with one attached hydrogen (secondary N) is 1. The summed E-state index contributed by atoms with van der Waals surface area (Å²) in [6.07, 6.45) is -3.86. The number of alkyl halides is 3. The van der Waals surface area contributed by atoms with Gasteiger partial charge < -0.3 is 10.1 Å². The molecular formula is C14H20Cl3F3N2O.